The molecule has 0 aromatic heterocycles. The standard InChI is InChI=1S/C11H7ClF6N2O/c12-7(8(19)11(16,17)18)9(21)20-6-3-1-5(2-4-6)10(13,14)15/h1-4H,19H2,(H,20,21)/b8-7+. The maximum absolute atomic E-state index is 12.3. The Balaban J connectivity index is 2.90. The topological polar surface area (TPSA) is 55.1 Å². The van der Waals surface area contributed by atoms with Crippen molar-refractivity contribution in [2.24, 2.45) is 5.73 Å². The number of carbonyl (C=O) groups excluding carboxylic acids is 1. The van der Waals surface area contributed by atoms with Gasteiger partial charge in [0.2, 0.25) is 0 Å². The minimum absolute atomic E-state index is 0.166. The predicted octanol–water partition coefficient (Wildman–Crippen LogP) is 3.62. The van der Waals surface area contributed by atoms with Gasteiger partial charge < -0.3 is 11.1 Å². The number of hydrogen-bond donors (Lipinski definition) is 2. The van der Waals surface area contributed by atoms with Gasteiger partial charge in [-0.15, -0.1) is 0 Å². The normalized spacial score (nSPS) is 13.7. The van der Waals surface area contributed by atoms with Crippen LogP contribution >= 0.6 is 11.6 Å². The maximum Gasteiger partial charge on any atom is 0.432 e. The number of benzene rings is 1. The van der Waals surface area contributed by atoms with Crippen molar-refractivity contribution in [3.05, 3.63) is 40.6 Å². The first-order valence-corrected chi connectivity index (χ1v) is 5.52. The van der Waals surface area contributed by atoms with Gasteiger partial charge in [0, 0.05) is 5.69 Å². The Bertz CT molecular complexity index is 562. The van der Waals surface area contributed by atoms with Crippen LogP contribution in [0.1, 0.15) is 5.56 Å². The fourth-order valence-electron chi connectivity index (χ4n) is 1.18. The molecule has 3 nitrogen and oxygen atoms in total. The van der Waals surface area contributed by atoms with E-state index in [4.69, 9.17) is 11.6 Å². The molecule has 0 saturated carbocycles. The van der Waals surface area contributed by atoms with Crippen LogP contribution in [0, 0.1) is 0 Å². The van der Waals surface area contributed by atoms with Gasteiger partial charge in [0.15, 0.2) is 0 Å². The molecule has 0 aliphatic rings. The Morgan fingerprint density at radius 1 is 1.05 bits per heavy atom. The Morgan fingerprint density at radius 2 is 1.52 bits per heavy atom. The summed E-state index contributed by atoms with van der Waals surface area (Å²) in [6.07, 6.45) is -9.56. The van der Waals surface area contributed by atoms with Gasteiger partial charge in [-0.05, 0) is 24.3 Å². The first-order chi connectivity index (χ1) is 9.43. The van der Waals surface area contributed by atoms with Crippen LogP contribution < -0.4 is 11.1 Å². The van der Waals surface area contributed by atoms with Crippen molar-refractivity contribution in [3.8, 4) is 0 Å². The van der Waals surface area contributed by atoms with Crippen molar-refractivity contribution in [3.63, 3.8) is 0 Å². The van der Waals surface area contributed by atoms with Crippen LogP contribution in [-0.2, 0) is 11.0 Å². The van der Waals surface area contributed by atoms with Gasteiger partial charge in [-0.3, -0.25) is 4.79 Å². The minimum atomic E-state index is -4.99. The molecule has 0 aliphatic heterocycles. The van der Waals surface area contributed by atoms with Crippen molar-refractivity contribution < 1.29 is 31.1 Å². The van der Waals surface area contributed by atoms with E-state index in [-0.39, 0.29) is 5.69 Å². The third-order valence-electron chi connectivity index (χ3n) is 2.21. The van der Waals surface area contributed by atoms with Gasteiger partial charge in [0.05, 0.1) is 5.56 Å². The second kappa shape index (κ2) is 5.84. The van der Waals surface area contributed by atoms with Crippen molar-refractivity contribution in [2.75, 3.05) is 5.32 Å². The summed E-state index contributed by atoms with van der Waals surface area (Å²) >= 11 is 5.16. The average molecular weight is 333 g/mol. The Hall–Kier alpha value is -1.90. The van der Waals surface area contributed by atoms with Crippen LogP contribution in [0.4, 0.5) is 32.0 Å². The maximum atomic E-state index is 12.3. The van der Waals surface area contributed by atoms with E-state index in [0.717, 1.165) is 12.1 Å². The number of anilines is 1. The summed E-state index contributed by atoms with van der Waals surface area (Å²) in [5.74, 6) is -1.38. The zero-order valence-electron chi connectivity index (χ0n) is 9.94. The molecule has 3 N–H and O–H groups in total. The molecule has 1 aromatic rings. The number of alkyl halides is 6. The molecule has 0 spiro atoms. The fourth-order valence-corrected chi connectivity index (χ4v) is 1.33. The zero-order chi connectivity index (χ0) is 16.4. The molecular formula is C11H7ClF6N2O. The highest BCUT2D eigenvalue weighted by molar-refractivity contribution is 6.44. The third kappa shape index (κ3) is 4.55. The lowest BCUT2D eigenvalue weighted by molar-refractivity contribution is -0.137. The Morgan fingerprint density at radius 3 is 1.90 bits per heavy atom. The molecule has 0 bridgehead atoms. The molecule has 0 atom stereocenters. The highest BCUT2D eigenvalue weighted by atomic mass is 35.5. The lowest BCUT2D eigenvalue weighted by Crippen LogP contribution is -2.25. The van der Waals surface area contributed by atoms with Crippen LogP contribution in [-0.4, -0.2) is 12.1 Å². The van der Waals surface area contributed by atoms with Gasteiger partial charge >= 0.3 is 12.4 Å². The molecule has 0 fully saturated rings. The smallest absolute Gasteiger partial charge is 0.393 e. The number of nitrogens with one attached hydrogen (secondary N) is 1. The lowest BCUT2D eigenvalue weighted by atomic mass is 10.2. The molecule has 0 unspecified atom stereocenters. The molecule has 0 radical (unpaired) electrons. The van der Waals surface area contributed by atoms with E-state index in [1.165, 1.54) is 0 Å². The van der Waals surface area contributed by atoms with E-state index < -0.39 is 34.6 Å². The monoisotopic (exact) mass is 332 g/mol. The Kier molecular flexibility index (Phi) is 4.77. The minimum Gasteiger partial charge on any atom is -0.393 e. The number of hydrogen-bond acceptors (Lipinski definition) is 2. The van der Waals surface area contributed by atoms with Crippen LogP contribution in [0.5, 0.6) is 0 Å². The molecule has 1 aromatic carbocycles. The zero-order valence-corrected chi connectivity index (χ0v) is 10.7. The summed E-state index contributed by atoms with van der Waals surface area (Å²) in [4.78, 5) is 11.4. The van der Waals surface area contributed by atoms with Gasteiger partial charge in [-0.1, -0.05) is 11.6 Å². The summed E-state index contributed by atoms with van der Waals surface area (Å²) < 4.78 is 73.5. The van der Waals surface area contributed by atoms with E-state index >= 15 is 0 Å². The molecular weight excluding hydrogens is 326 g/mol. The number of carbonyl (C=O) groups is 1. The quantitative estimate of drug-likeness (QED) is 0.642. The van der Waals surface area contributed by atoms with Gasteiger partial charge in [-0.25, -0.2) is 0 Å². The number of rotatable bonds is 2. The predicted molar refractivity (Wildman–Crippen MR) is 63.2 cm³/mol. The van der Waals surface area contributed by atoms with Crippen molar-refractivity contribution in [1.82, 2.24) is 0 Å². The number of halogens is 7. The summed E-state index contributed by atoms with van der Waals surface area (Å²) in [6, 6.07) is 3.05. The summed E-state index contributed by atoms with van der Waals surface area (Å²) in [5.41, 5.74) is 1.70. The SMILES string of the molecule is N/C(=C(/Cl)C(=O)Nc1ccc(C(F)(F)F)cc1)C(F)(F)F. The highest BCUT2D eigenvalue weighted by Crippen LogP contribution is 2.30. The lowest BCUT2D eigenvalue weighted by Gasteiger charge is -2.11. The van der Waals surface area contributed by atoms with Crippen molar-refractivity contribution >= 4 is 23.2 Å². The van der Waals surface area contributed by atoms with E-state index in [1.54, 1.807) is 0 Å². The molecule has 10 heteroatoms. The molecule has 0 saturated heterocycles. The molecule has 1 rings (SSSR count). The van der Waals surface area contributed by atoms with E-state index in [2.05, 4.69) is 5.73 Å². The highest BCUT2D eigenvalue weighted by Gasteiger charge is 2.36. The van der Waals surface area contributed by atoms with E-state index in [1.807, 2.05) is 5.32 Å². The van der Waals surface area contributed by atoms with Gasteiger partial charge in [0.25, 0.3) is 5.91 Å². The van der Waals surface area contributed by atoms with Crippen molar-refractivity contribution in [2.45, 2.75) is 12.4 Å². The van der Waals surface area contributed by atoms with Crippen LogP contribution in [0.15, 0.2) is 35.0 Å². The van der Waals surface area contributed by atoms with E-state index in [9.17, 15) is 31.1 Å². The molecule has 1 amide bonds. The van der Waals surface area contributed by atoms with E-state index in [0.29, 0.717) is 12.1 Å². The number of amides is 1. The van der Waals surface area contributed by atoms with Crippen LogP contribution in [0.25, 0.3) is 0 Å². The Labute approximate surface area is 119 Å². The molecule has 0 heterocycles. The fraction of sp³-hybridized carbons (Fsp3) is 0.182. The van der Waals surface area contributed by atoms with Crippen LogP contribution in [0.2, 0.25) is 0 Å². The van der Waals surface area contributed by atoms with Crippen molar-refractivity contribution in [1.29, 1.82) is 0 Å². The first-order valence-electron chi connectivity index (χ1n) is 5.14. The average Bonchev–Trinajstić information content (AvgIpc) is 2.35. The summed E-state index contributed by atoms with van der Waals surface area (Å²) in [6.45, 7) is 0. The third-order valence-corrected chi connectivity index (χ3v) is 2.59. The molecule has 21 heavy (non-hydrogen) atoms. The molecule has 0 aliphatic carbocycles. The van der Waals surface area contributed by atoms with Crippen LogP contribution in [0.3, 0.4) is 0 Å². The van der Waals surface area contributed by atoms with Gasteiger partial charge in [-0.2, -0.15) is 26.3 Å². The largest absolute Gasteiger partial charge is 0.432 e. The summed E-state index contributed by atoms with van der Waals surface area (Å²) in [7, 11) is 0. The summed E-state index contributed by atoms with van der Waals surface area (Å²) in [5, 5.41) is 0.594. The second-order valence-corrected chi connectivity index (χ2v) is 4.13. The van der Waals surface area contributed by atoms with Gasteiger partial charge in [0.1, 0.15) is 10.7 Å². The molecule has 116 valence electrons. The second-order valence-electron chi connectivity index (χ2n) is 3.75. The first kappa shape index (κ1) is 17.2. The number of nitrogens with two attached hydrogens (primary N) is 1. The number of allylic oxidation sites excluding steroid dienone is 1.